The molecule has 9 nitrogen and oxygen atoms in total. The number of hydrogen-bond acceptors (Lipinski definition) is 6. The normalized spacial score (nSPS) is 12.7. The number of nitrogens with zero attached hydrogens (tertiary/aromatic N) is 2. The van der Waals surface area contributed by atoms with E-state index in [9.17, 15) is 8.42 Å². The van der Waals surface area contributed by atoms with Crippen molar-refractivity contribution in [1.29, 1.82) is 0 Å². The standard InChI is InChI=1S/C20H30N3O2S.CH4.H2O4S/c1-5-22(19-14-10-7-11-15-19)20(18-12-8-6-9-13-18)26(24,25)21-16-17-23(2,3)4;;1-5(2,3)4/h6-15,20-21H,5,16-17H2,1-4H3;1H4;(H2,1,2,3,4)/q+1;;/p-1. The van der Waals surface area contributed by atoms with Crippen molar-refractivity contribution in [2.24, 2.45) is 0 Å². The van der Waals surface area contributed by atoms with Crippen molar-refractivity contribution in [3.63, 3.8) is 0 Å². The van der Waals surface area contributed by atoms with Crippen LogP contribution in [0.15, 0.2) is 60.7 Å². The average Bonchev–Trinajstić information content (AvgIpc) is 2.64. The third kappa shape index (κ3) is 11.6. The van der Waals surface area contributed by atoms with Crippen molar-refractivity contribution in [3.05, 3.63) is 66.2 Å². The lowest BCUT2D eigenvalue weighted by molar-refractivity contribution is -0.869. The van der Waals surface area contributed by atoms with Crippen molar-refractivity contribution in [3.8, 4) is 0 Å². The number of sulfonamides is 1. The van der Waals surface area contributed by atoms with Crippen LogP contribution in [0.3, 0.4) is 0 Å². The van der Waals surface area contributed by atoms with Crippen LogP contribution in [0.1, 0.15) is 25.3 Å². The van der Waals surface area contributed by atoms with E-state index in [1.54, 1.807) is 0 Å². The van der Waals surface area contributed by atoms with Gasteiger partial charge in [-0.1, -0.05) is 56.0 Å². The van der Waals surface area contributed by atoms with Crippen LogP contribution >= 0.6 is 0 Å². The Morgan fingerprint density at radius 2 is 1.41 bits per heavy atom. The summed E-state index contributed by atoms with van der Waals surface area (Å²) in [6, 6.07) is 19.1. The molecule has 2 aromatic rings. The van der Waals surface area contributed by atoms with E-state index < -0.39 is 25.8 Å². The molecule has 0 radical (unpaired) electrons. The van der Waals surface area contributed by atoms with Crippen LogP contribution in [-0.4, -0.2) is 71.2 Å². The number of likely N-dealkylation sites (N-methyl/N-ethyl adjacent to an activating group) is 1. The Morgan fingerprint density at radius 1 is 0.969 bits per heavy atom. The van der Waals surface area contributed by atoms with Crippen molar-refractivity contribution >= 4 is 26.1 Å². The highest BCUT2D eigenvalue weighted by molar-refractivity contribution is 7.89. The zero-order chi connectivity index (χ0) is 23.7. The van der Waals surface area contributed by atoms with Gasteiger partial charge in [0, 0.05) is 12.2 Å². The number of benzene rings is 2. The second-order valence-corrected chi connectivity index (χ2v) is 10.4. The molecule has 11 heteroatoms. The Bertz CT molecular complexity index is 985. The molecule has 0 fully saturated rings. The smallest absolute Gasteiger partial charge is 0.237 e. The second kappa shape index (κ2) is 12.9. The summed E-state index contributed by atoms with van der Waals surface area (Å²) in [4.78, 5) is 1.92. The summed E-state index contributed by atoms with van der Waals surface area (Å²) in [6.07, 6.45) is 0. The van der Waals surface area contributed by atoms with Gasteiger partial charge in [-0.25, -0.2) is 21.6 Å². The van der Waals surface area contributed by atoms with Crippen LogP contribution in [0, 0.1) is 0 Å². The minimum Gasteiger partial charge on any atom is -0.726 e. The molecule has 2 aromatic carbocycles. The monoisotopic (exact) mass is 489 g/mol. The van der Waals surface area contributed by atoms with E-state index in [-0.39, 0.29) is 7.43 Å². The van der Waals surface area contributed by atoms with Crippen LogP contribution in [-0.2, 0) is 20.4 Å². The number of para-hydroxylation sites is 1. The molecule has 1 unspecified atom stereocenters. The van der Waals surface area contributed by atoms with Gasteiger partial charge in [-0.2, -0.15) is 0 Å². The first-order chi connectivity index (χ1) is 14.2. The van der Waals surface area contributed by atoms with E-state index in [0.29, 0.717) is 17.6 Å². The zero-order valence-electron chi connectivity index (χ0n) is 18.2. The average molecular weight is 490 g/mol. The van der Waals surface area contributed by atoms with E-state index in [0.717, 1.165) is 17.8 Å². The highest BCUT2D eigenvalue weighted by Crippen LogP contribution is 2.30. The lowest BCUT2D eigenvalue weighted by atomic mass is 10.2. The van der Waals surface area contributed by atoms with Crippen LogP contribution in [0.4, 0.5) is 5.69 Å². The Hall–Kier alpha value is -2.02. The van der Waals surface area contributed by atoms with Gasteiger partial charge in [0.2, 0.25) is 20.4 Å². The minimum atomic E-state index is -4.92. The summed E-state index contributed by atoms with van der Waals surface area (Å²) in [6.45, 7) is 3.68. The molecule has 2 N–H and O–H groups in total. The molecule has 0 aliphatic heterocycles. The third-order valence-corrected chi connectivity index (χ3v) is 5.90. The Kier molecular flexibility index (Phi) is 12.1. The minimum absolute atomic E-state index is 0. The molecule has 32 heavy (non-hydrogen) atoms. The number of hydrogen-bond donors (Lipinski definition) is 2. The van der Waals surface area contributed by atoms with Crippen LogP contribution in [0.2, 0.25) is 0 Å². The fraction of sp³-hybridized carbons (Fsp3) is 0.429. The van der Waals surface area contributed by atoms with Gasteiger partial charge >= 0.3 is 0 Å². The van der Waals surface area contributed by atoms with Gasteiger partial charge < -0.3 is 13.9 Å². The third-order valence-electron chi connectivity index (χ3n) is 4.18. The highest BCUT2D eigenvalue weighted by Gasteiger charge is 2.32. The van der Waals surface area contributed by atoms with E-state index in [1.807, 2.05) is 93.6 Å². The fourth-order valence-electron chi connectivity index (χ4n) is 2.85. The summed E-state index contributed by atoms with van der Waals surface area (Å²) in [5.74, 6) is 0. The van der Waals surface area contributed by atoms with Crippen LogP contribution < -0.4 is 9.62 Å². The van der Waals surface area contributed by atoms with Gasteiger partial charge in [0.1, 0.15) is 0 Å². The van der Waals surface area contributed by atoms with Crippen molar-refractivity contribution in [1.82, 2.24) is 4.72 Å². The first-order valence-electron chi connectivity index (χ1n) is 9.58. The number of quaternary nitrogens is 1. The first-order valence-corrected chi connectivity index (χ1v) is 12.5. The summed E-state index contributed by atoms with van der Waals surface area (Å²) in [7, 11) is -2.37. The van der Waals surface area contributed by atoms with Crippen molar-refractivity contribution in [2.45, 2.75) is 19.7 Å². The molecule has 1 atom stereocenters. The van der Waals surface area contributed by atoms with Gasteiger partial charge in [0.15, 0.2) is 5.37 Å². The number of anilines is 1. The quantitative estimate of drug-likeness (QED) is 0.315. The molecule has 0 saturated carbocycles. The highest BCUT2D eigenvalue weighted by atomic mass is 32.3. The fourth-order valence-corrected chi connectivity index (χ4v) is 4.50. The summed E-state index contributed by atoms with van der Waals surface area (Å²) in [5, 5.41) is -0.774. The van der Waals surface area contributed by atoms with Gasteiger partial charge in [-0.3, -0.25) is 4.55 Å². The first kappa shape index (κ1) is 30.0. The molecule has 0 aliphatic carbocycles. The Morgan fingerprint density at radius 3 is 1.81 bits per heavy atom. The molecule has 0 aliphatic rings. The maximum atomic E-state index is 13.2. The lowest BCUT2D eigenvalue weighted by Gasteiger charge is -2.33. The predicted octanol–water partition coefficient (Wildman–Crippen LogP) is 2.48. The van der Waals surface area contributed by atoms with Crippen LogP contribution in [0.5, 0.6) is 0 Å². The molecule has 0 spiro atoms. The van der Waals surface area contributed by atoms with Crippen molar-refractivity contribution < 1.29 is 30.4 Å². The molecular weight excluding hydrogens is 454 g/mol. The number of nitrogens with one attached hydrogen (secondary N) is 1. The van der Waals surface area contributed by atoms with E-state index in [4.69, 9.17) is 17.5 Å². The molecule has 2 rings (SSSR count). The van der Waals surface area contributed by atoms with E-state index >= 15 is 0 Å². The summed E-state index contributed by atoms with van der Waals surface area (Å²) >= 11 is 0. The lowest BCUT2D eigenvalue weighted by Crippen LogP contribution is -2.45. The molecule has 0 amide bonds. The number of rotatable bonds is 9. The molecular formula is C21H35N3O6S2. The Balaban J connectivity index is 0.00000144. The summed E-state index contributed by atoms with van der Waals surface area (Å²) < 4.78 is 62.8. The van der Waals surface area contributed by atoms with E-state index in [2.05, 4.69) is 4.72 Å². The van der Waals surface area contributed by atoms with E-state index in [1.165, 1.54) is 0 Å². The predicted molar refractivity (Wildman–Crippen MR) is 128 cm³/mol. The van der Waals surface area contributed by atoms with Gasteiger partial charge in [-0.15, -0.1) is 0 Å². The second-order valence-electron chi connectivity index (χ2n) is 7.77. The molecule has 0 bridgehead atoms. The van der Waals surface area contributed by atoms with Gasteiger partial charge in [0.25, 0.3) is 0 Å². The molecule has 0 heterocycles. The molecule has 0 aromatic heterocycles. The molecule has 182 valence electrons. The van der Waals surface area contributed by atoms with Gasteiger partial charge in [0.05, 0.1) is 34.2 Å². The Labute approximate surface area is 192 Å². The topological polar surface area (TPSA) is 127 Å². The van der Waals surface area contributed by atoms with Gasteiger partial charge in [-0.05, 0) is 24.6 Å². The largest absolute Gasteiger partial charge is 0.726 e. The summed E-state index contributed by atoms with van der Waals surface area (Å²) in [5.41, 5.74) is 1.65. The SMILES string of the molecule is C.CCN(c1ccccc1)C(c1ccccc1)S(=O)(=O)NCC[N+](C)(C)C.O=S(=O)([O-])O. The van der Waals surface area contributed by atoms with Crippen molar-refractivity contribution in [2.75, 3.05) is 45.7 Å². The molecule has 0 saturated heterocycles. The maximum Gasteiger partial charge on any atom is 0.237 e. The zero-order valence-corrected chi connectivity index (χ0v) is 19.8. The van der Waals surface area contributed by atoms with Crippen LogP contribution in [0.25, 0.3) is 0 Å². The maximum absolute atomic E-state index is 13.2.